The number of furan rings is 1. The summed E-state index contributed by atoms with van der Waals surface area (Å²) in [6.07, 6.45) is 5.74. The Labute approximate surface area is 219 Å². The van der Waals surface area contributed by atoms with Gasteiger partial charge in [-0.05, 0) is 50.2 Å². The third-order valence-electron chi connectivity index (χ3n) is 6.35. The van der Waals surface area contributed by atoms with Gasteiger partial charge in [-0.2, -0.15) is 5.26 Å². The van der Waals surface area contributed by atoms with E-state index in [1.165, 1.54) is 26.1 Å². The van der Waals surface area contributed by atoms with Crippen molar-refractivity contribution in [2.45, 2.75) is 19.4 Å². The zero-order chi connectivity index (χ0) is 25.2. The van der Waals surface area contributed by atoms with Crippen molar-refractivity contribution in [1.82, 2.24) is 9.88 Å². The van der Waals surface area contributed by atoms with Gasteiger partial charge in [-0.1, -0.05) is 23.2 Å². The van der Waals surface area contributed by atoms with Crippen molar-refractivity contribution in [2.24, 2.45) is 0 Å². The molecule has 0 atom stereocenters. The van der Waals surface area contributed by atoms with Crippen LogP contribution in [-0.4, -0.2) is 37.2 Å². The first-order valence-corrected chi connectivity index (χ1v) is 12.3. The third-order valence-corrected chi connectivity index (χ3v) is 6.96. The summed E-state index contributed by atoms with van der Waals surface area (Å²) in [6, 6.07) is 11.3. The zero-order valence-electron chi connectivity index (χ0n) is 19.9. The highest BCUT2D eigenvalue weighted by atomic mass is 35.5. The van der Waals surface area contributed by atoms with Crippen molar-refractivity contribution in [2.75, 3.05) is 32.6 Å². The molecule has 1 aliphatic rings. The molecule has 0 radical (unpaired) electrons. The highest BCUT2D eigenvalue weighted by Gasteiger charge is 2.19. The Balaban J connectivity index is 1.57. The van der Waals surface area contributed by atoms with Crippen molar-refractivity contribution >= 4 is 45.5 Å². The van der Waals surface area contributed by atoms with E-state index in [1.54, 1.807) is 25.5 Å². The molecule has 1 N–H and O–H groups in total. The van der Waals surface area contributed by atoms with E-state index in [1.807, 2.05) is 18.2 Å². The molecule has 0 unspecified atom stereocenters. The van der Waals surface area contributed by atoms with Crippen LogP contribution in [0, 0.1) is 11.3 Å². The van der Waals surface area contributed by atoms with Crippen LogP contribution >= 0.6 is 23.2 Å². The lowest BCUT2D eigenvalue weighted by atomic mass is 10.0. The molecule has 2 aromatic carbocycles. The molecular formula is C27H24Cl2N4O3. The Morgan fingerprint density at radius 3 is 2.56 bits per heavy atom. The molecule has 0 amide bonds. The largest absolute Gasteiger partial charge is 0.496 e. The van der Waals surface area contributed by atoms with Crippen LogP contribution in [0.5, 0.6) is 11.5 Å². The van der Waals surface area contributed by atoms with Gasteiger partial charge in [0, 0.05) is 28.8 Å². The molecule has 9 heteroatoms. The monoisotopic (exact) mass is 522 g/mol. The summed E-state index contributed by atoms with van der Waals surface area (Å²) in [4.78, 5) is 6.93. The molecule has 2 aromatic heterocycles. The van der Waals surface area contributed by atoms with E-state index >= 15 is 0 Å². The van der Waals surface area contributed by atoms with Crippen molar-refractivity contribution in [3.05, 3.63) is 64.2 Å². The molecule has 3 heterocycles. The van der Waals surface area contributed by atoms with Crippen LogP contribution in [0.25, 0.3) is 22.0 Å². The van der Waals surface area contributed by atoms with Crippen LogP contribution in [0.2, 0.25) is 10.0 Å². The molecular weight excluding hydrogens is 499 g/mol. The van der Waals surface area contributed by atoms with E-state index in [9.17, 15) is 5.26 Å². The van der Waals surface area contributed by atoms with E-state index in [-0.39, 0.29) is 0 Å². The number of fused-ring (bicyclic) bond motifs is 1. The van der Waals surface area contributed by atoms with Gasteiger partial charge < -0.3 is 19.2 Å². The molecule has 1 aliphatic heterocycles. The quantitative estimate of drug-likeness (QED) is 0.278. The second-order valence-electron chi connectivity index (χ2n) is 8.60. The molecule has 0 aliphatic carbocycles. The predicted molar refractivity (Wildman–Crippen MR) is 142 cm³/mol. The summed E-state index contributed by atoms with van der Waals surface area (Å²) in [7, 11) is 3.14. The van der Waals surface area contributed by atoms with Crippen molar-refractivity contribution in [3.8, 4) is 28.7 Å². The molecule has 0 spiro atoms. The number of halogens is 2. The fraction of sp³-hybridized carbons (Fsp3) is 0.259. The van der Waals surface area contributed by atoms with Gasteiger partial charge in [0.05, 0.1) is 59.5 Å². The Morgan fingerprint density at radius 2 is 1.83 bits per heavy atom. The number of anilines is 2. The summed E-state index contributed by atoms with van der Waals surface area (Å²) in [6.45, 7) is 2.98. The maximum absolute atomic E-state index is 9.79. The minimum Gasteiger partial charge on any atom is -0.496 e. The van der Waals surface area contributed by atoms with Crippen molar-refractivity contribution in [3.63, 3.8) is 0 Å². The first kappa shape index (κ1) is 24.3. The number of benzene rings is 2. The van der Waals surface area contributed by atoms with Gasteiger partial charge in [-0.15, -0.1) is 0 Å². The van der Waals surface area contributed by atoms with Crippen molar-refractivity contribution in [1.29, 1.82) is 5.26 Å². The van der Waals surface area contributed by atoms with Gasteiger partial charge in [-0.3, -0.25) is 9.88 Å². The normalized spacial score (nSPS) is 13.6. The van der Waals surface area contributed by atoms with Crippen LogP contribution in [0.15, 0.2) is 47.2 Å². The first-order valence-electron chi connectivity index (χ1n) is 11.5. The highest BCUT2D eigenvalue weighted by Crippen LogP contribution is 2.41. The molecule has 4 aromatic rings. The number of likely N-dealkylation sites (tertiary alicyclic amines) is 1. The number of pyridine rings is 1. The van der Waals surface area contributed by atoms with E-state index < -0.39 is 0 Å². The summed E-state index contributed by atoms with van der Waals surface area (Å²) >= 11 is 12.6. The van der Waals surface area contributed by atoms with Crippen LogP contribution in [0.4, 0.5) is 11.4 Å². The Morgan fingerprint density at radius 1 is 1.06 bits per heavy atom. The van der Waals surface area contributed by atoms with Crippen LogP contribution in [0.1, 0.15) is 24.2 Å². The summed E-state index contributed by atoms with van der Waals surface area (Å²) in [5.74, 6) is 2.01. The Hall–Kier alpha value is -3.44. The molecule has 5 rings (SSSR count). The lowest BCUT2D eigenvalue weighted by Crippen LogP contribution is -2.17. The van der Waals surface area contributed by atoms with Gasteiger partial charge in [0.15, 0.2) is 0 Å². The number of nitriles is 1. The smallest absolute Gasteiger partial charge is 0.139 e. The van der Waals surface area contributed by atoms with Crippen LogP contribution < -0.4 is 14.8 Å². The van der Waals surface area contributed by atoms with Gasteiger partial charge in [0.2, 0.25) is 0 Å². The molecule has 36 heavy (non-hydrogen) atoms. The number of nitrogens with one attached hydrogen (secondary N) is 1. The minimum absolute atomic E-state index is 0.360. The number of rotatable bonds is 7. The molecule has 0 saturated carbocycles. The zero-order valence-corrected chi connectivity index (χ0v) is 21.4. The van der Waals surface area contributed by atoms with E-state index in [2.05, 4.69) is 21.3 Å². The van der Waals surface area contributed by atoms with Gasteiger partial charge in [0.1, 0.15) is 23.3 Å². The second-order valence-corrected chi connectivity index (χ2v) is 9.42. The molecule has 1 saturated heterocycles. The lowest BCUT2D eigenvalue weighted by molar-refractivity contribution is 0.297. The van der Waals surface area contributed by atoms with Gasteiger partial charge in [0.25, 0.3) is 0 Å². The number of ether oxygens (including phenoxy) is 2. The van der Waals surface area contributed by atoms with Gasteiger partial charge in [-0.25, -0.2) is 0 Å². The maximum atomic E-state index is 9.79. The number of hydrogen-bond donors (Lipinski definition) is 1. The van der Waals surface area contributed by atoms with Crippen LogP contribution in [0.3, 0.4) is 0 Å². The van der Waals surface area contributed by atoms with Crippen LogP contribution in [-0.2, 0) is 6.54 Å². The highest BCUT2D eigenvalue weighted by molar-refractivity contribution is 6.37. The van der Waals surface area contributed by atoms with Gasteiger partial charge >= 0.3 is 0 Å². The summed E-state index contributed by atoms with van der Waals surface area (Å²) in [5, 5.41) is 14.6. The molecule has 0 bridgehead atoms. The maximum Gasteiger partial charge on any atom is 0.139 e. The predicted octanol–water partition coefficient (Wildman–Crippen LogP) is 7.03. The fourth-order valence-electron chi connectivity index (χ4n) is 4.52. The summed E-state index contributed by atoms with van der Waals surface area (Å²) in [5.41, 5.74) is 3.92. The standard InChI is InChI=1S/C27H24Cl2N4O3/c1-34-25-9-20-23(8-19(25)16-7-18(36-15-16)14-33-5-3-4-6-33)31-13-17(12-30)27(20)32-24-11-26(35-2)22(29)10-21(24)28/h7-11,13,15H,3-6,14H2,1-2H3,(H,31,32). The van der Waals surface area contributed by atoms with E-state index in [0.29, 0.717) is 49.4 Å². The number of nitrogens with zero attached hydrogens (tertiary/aromatic N) is 3. The minimum atomic E-state index is 0.360. The fourth-order valence-corrected chi connectivity index (χ4v) is 5.02. The average Bonchev–Trinajstić information content (AvgIpc) is 3.57. The second kappa shape index (κ2) is 10.3. The SMILES string of the molecule is COc1cc(Nc2c(C#N)cnc3cc(-c4coc(CN5CCCC5)c4)c(OC)cc23)c(Cl)cc1Cl. The molecule has 184 valence electrons. The topological polar surface area (TPSA) is 83.5 Å². The Kier molecular flexibility index (Phi) is 6.92. The average molecular weight is 523 g/mol. The van der Waals surface area contributed by atoms with E-state index in [0.717, 1.165) is 36.5 Å². The van der Waals surface area contributed by atoms with Crippen molar-refractivity contribution < 1.29 is 13.9 Å². The lowest BCUT2D eigenvalue weighted by Gasteiger charge is -2.16. The Bertz CT molecular complexity index is 1470. The molecule has 1 fully saturated rings. The summed E-state index contributed by atoms with van der Waals surface area (Å²) < 4.78 is 16.9. The number of methoxy groups -OCH3 is 2. The van der Waals surface area contributed by atoms with E-state index in [4.69, 9.17) is 37.1 Å². The first-order chi connectivity index (χ1) is 17.5. The number of aromatic nitrogens is 1. The number of hydrogen-bond acceptors (Lipinski definition) is 7. The third kappa shape index (κ3) is 4.68. The molecule has 7 nitrogen and oxygen atoms in total.